The van der Waals surface area contributed by atoms with Gasteiger partial charge in [0.25, 0.3) is 5.89 Å². The zero-order chi connectivity index (χ0) is 22.2. The minimum absolute atomic E-state index is 0.0616. The Labute approximate surface area is 184 Å². The highest BCUT2D eigenvalue weighted by Crippen LogP contribution is 2.32. The molecule has 0 amide bonds. The molecule has 160 valence electrons. The van der Waals surface area contributed by atoms with Crippen molar-refractivity contribution in [2.45, 2.75) is 33.1 Å². The quantitative estimate of drug-likeness (QED) is 0.474. The highest BCUT2D eigenvalue weighted by atomic mass is 16.5. The number of nitrogens with one attached hydrogen (secondary N) is 1. The molecule has 0 aliphatic carbocycles. The van der Waals surface area contributed by atoms with E-state index in [1.807, 2.05) is 31.2 Å². The first-order valence-corrected chi connectivity index (χ1v) is 10.4. The number of pyridine rings is 1. The van der Waals surface area contributed by atoms with Crippen LogP contribution in [0.2, 0.25) is 0 Å². The van der Waals surface area contributed by atoms with Gasteiger partial charge in [0.05, 0.1) is 11.4 Å². The zero-order valence-corrected chi connectivity index (χ0v) is 17.8. The van der Waals surface area contributed by atoms with Gasteiger partial charge in [-0.2, -0.15) is 4.98 Å². The van der Waals surface area contributed by atoms with Crippen LogP contribution in [-0.2, 0) is 11.2 Å². The highest BCUT2D eigenvalue weighted by molar-refractivity contribution is 6.42. The van der Waals surface area contributed by atoms with Gasteiger partial charge >= 0.3 is 0 Å². The number of nitrogens with zero attached hydrogens (tertiary/aromatic N) is 4. The summed E-state index contributed by atoms with van der Waals surface area (Å²) < 4.78 is 5.26. The summed E-state index contributed by atoms with van der Waals surface area (Å²) in [5, 5.41) is 4.86. The summed E-state index contributed by atoms with van der Waals surface area (Å²) in [6.45, 7) is 3.81. The third-order valence-corrected chi connectivity index (χ3v) is 5.54. The second-order valence-corrected chi connectivity index (χ2v) is 8.01. The van der Waals surface area contributed by atoms with Gasteiger partial charge in [0, 0.05) is 35.5 Å². The fraction of sp³-hybridized carbons (Fsp3) is 0.208. The molecule has 0 radical (unpaired) electrons. The van der Waals surface area contributed by atoms with E-state index in [0.29, 0.717) is 42.5 Å². The van der Waals surface area contributed by atoms with E-state index in [-0.39, 0.29) is 5.78 Å². The van der Waals surface area contributed by atoms with Crippen LogP contribution in [0.25, 0.3) is 28.2 Å². The predicted octanol–water partition coefficient (Wildman–Crippen LogP) is 4.28. The molecular formula is C24H22N6O2. The van der Waals surface area contributed by atoms with Crippen LogP contribution in [0.3, 0.4) is 0 Å². The second kappa shape index (κ2) is 7.88. The van der Waals surface area contributed by atoms with Crippen molar-refractivity contribution in [3.63, 3.8) is 0 Å². The Bertz CT molecular complexity index is 1410. The van der Waals surface area contributed by atoms with Crippen molar-refractivity contribution in [1.82, 2.24) is 20.1 Å². The van der Waals surface area contributed by atoms with Gasteiger partial charge in [0.1, 0.15) is 11.5 Å². The molecule has 3 N–H and O–H groups in total. The number of aliphatic imine (C=N–C) groups is 1. The number of aryl methyl sites for hydroxylation is 2. The van der Waals surface area contributed by atoms with Crippen LogP contribution in [0.4, 0.5) is 5.82 Å². The summed E-state index contributed by atoms with van der Waals surface area (Å²) in [5.41, 5.74) is 12.0. The second-order valence-electron chi connectivity index (χ2n) is 8.01. The number of nitrogen functional groups attached to an aromatic ring is 1. The minimum atomic E-state index is 0.0616. The molecule has 0 atom stereocenters. The third-order valence-electron chi connectivity index (χ3n) is 5.54. The molecule has 0 spiro atoms. The lowest BCUT2D eigenvalue weighted by Gasteiger charge is -2.02. The van der Waals surface area contributed by atoms with Gasteiger partial charge in [0.2, 0.25) is 0 Å². The van der Waals surface area contributed by atoms with Crippen molar-refractivity contribution in [3.05, 3.63) is 65.1 Å². The van der Waals surface area contributed by atoms with E-state index >= 15 is 0 Å². The van der Waals surface area contributed by atoms with Gasteiger partial charge in [-0.1, -0.05) is 11.2 Å². The Balaban J connectivity index is 1.35. The predicted molar refractivity (Wildman–Crippen MR) is 123 cm³/mol. The first-order valence-electron chi connectivity index (χ1n) is 10.4. The van der Waals surface area contributed by atoms with Gasteiger partial charge < -0.3 is 15.2 Å². The third kappa shape index (κ3) is 3.82. The molecular weight excluding hydrogens is 404 g/mol. The lowest BCUT2D eigenvalue weighted by molar-refractivity contribution is -0.113. The van der Waals surface area contributed by atoms with Crippen LogP contribution in [0.15, 0.2) is 57.7 Å². The number of hydrogen-bond acceptors (Lipinski definition) is 7. The molecule has 5 rings (SSSR count). The number of aromatic nitrogens is 4. The molecule has 1 aliphatic heterocycles. The number of H-pyrrole nitrogens is 1. The number of fused-ring (bicyclic) bond motifs is 1. The van der Waals surface area contributed by atoms with Crippen molar-refractivity contribution in [2.75, 3.05) is 5.73 Å². The Kier molecular flexibility index (Phi) is 4.89. The van der Waals surface area contributed by atoms with Crippen LogP contribution >= 0.6 is 0 Å². The molecule has 8 nitrogen and oxygen atoms in total. The minimum Gasteiger partial charge on any atom is -0.384 e. The van der Waals surface area contributed by atoms with Crippen LogP contribution in [0, 0.1) is 6.92 Å². The topological polar surface area (TPSA) is 123 Å². The smallest absolute Gasteiger partial charge is 0.274 e. The summed E-state index contributed by atoms with van der Waals surface area (Å²) in [5.74, 6) is 1.57. The summed E-state index contributed by atoms with van der Waals surface area (Å²) in [6.07, 6.45) is 3.25. The van der Waals surface area contributed by atoms with Crippen molar-refractivity contribution < 1.29 is 9.32 Å². The van der Waals surface area contributed by atoms with E-state index in [1.54, 1.807) is 19.2 Å². The fourth-order valence-electron chi connectivity index (χ4n) is 3.93. The van der Waals surface area contributed by atoms with Crippen LogP contribution < -0.4 is 5.73 Å². The number of carbonyl (C=O) groups excluding carboxylic acids is 1. The molecule has 8 heteroatoms. The molecule has 3 aromatic heterocycles. The Morgan fingerprint density at radius 2 is 2.06 bits per heavy atom. The standard InChI is InChI=1S/C24H22N6O2/c1-13-9-19(21(31)6-3-15-7-8-26-22(25)10-15)29-23(13)16-4-5-18-17(11-16)12-20(28-18)24-27-14(2)30-32-24/h4-5,7-8,10-12,28H,3,6,9H2,1-2H3,(H2,25,26). The highest BCUT2D eigenvalue weighted by Gasteiger charge is 2.22. The average Bonchev–Trinajstić information content (AvgIpc) is 3.49. The summed E-state index contributed by atoms with van der Waals surface area (Å²) in [6, 6.07) is 11.7. The largest absolute Gasteiger partial charge is 0.384 e. The maximum absolute atomic E-state index is 12.8. The van der Waals surface area contributed by atoms with Crippen molar-refractivity contribution in [2.24, 2.45) is 4.99 Å². The van der Waals surface area contributed by atoms with E-state index in [1.165, 1.54) is 0 Å². The van der Waals surface area contributed by atoms with Gasteiger partial charge in [0.15, 0.2) is 11.6 Å². The van der Waals surface area contributed by atoms with E-state index < -0.39 is 0 Å². The summed E-state index contributed by atoms with van der Waals surface area (Å²) in [7, 11) is 0. The van der Waals surface area contributed by atoms with Gasteiger partial charge in [-0.3, -0.25) is 4.79 Å². The van der Waals surface area contributed by atoms with Gasteiger partial charge in [-0.15, -0.1) is 0 Å². The first kappa shape index (κ1) is 19.9. The molecule has 4 aromatic rings. The molecule has 0 unspecified atom stereocenters. The molecule has 4 heterocycles. The molecule has 0 saturated heterocycles. The summed E-state index contributed by atoms with van der Waals surface area (Å²) >= 11 is 0. The number of Topliss-reactive ketones (excluding diaryl/α,β-unsaturated/α-hetero) is 1. The monoisotopic (exact) mass is 426 g/mol. The molecule has 1 aliphatic rings. The maximum Gasteiger partial charge on any atom is 0.274 e. The lowest BCUT2D eigenvalue weighted by Crippen LogP contribution is -2.13. The number of benzene rings is 1. The lowest BCUT2D eigenvalue weighted by atomic mass is 10.0. The number of rotatable bonds is 6. The normalized spacial score (nSPS) is 13.8. The number of ketones is 1. The molecule has 32 heavy (non-hydrogen) atoms. The number of hydrogen-bond donors (Lipinski definition) is 2. The van der Waals surface area contributed by atoms with Crippen molar-refractivity contribution >= 4 is 33.9 Å². The molecule has 0 saturated carbocycles. The van der Waals surface area contributed by atoms with Crippen LogP contribution in [0.5, 0.6) is 0 Å². The number of anilines is 1. The first-order chi connectivity index (χ1) is 15.5. The van der Waals surface area contributed by atoms with Crippen molar-refractivity contribution in [1.29, 1.82) is 0 Å². The number of aromatic amines is 1. The average molecular weight is 426 g/mol. The van der Waals surface area contributed by atoms with Gasteiger partial charge in [-0.25, -0.2) is 9.98 Å². The summed E-state index contributed by atoms with van der Waals surface area (Å²) in [4.78, 5) is 29.0. The SMILES string of the molecule is CC1=C(c2ccc3[nH]c(-c4nc(C)no4)cc3c2)N=C(C(=O)CCc2ccnc(N)c2)C1. The Morgan fingerprint density at radius 3 is 2.84 bits per heavy atom. The molecule has 1 aromatic carbocycles. The Morgan fingerprint density at radius 1 is 1.19 bits per heavy atom. The number of carbonyl (C=O) groups is 1. The number of allylic oxidation sites excluding steroid dienone is 1. The zero-order valence-electron chi connectivity index (χ0n) is 17.8. The van der Waals surface area contributed by atoms with Crippen LogP contribution in [-0.4, -0.2) is 31.6 Å². The maximum atomic E-state index is 12.8. The van der Waals surface area contributed by atoms with E-state index in [0.717, 1.165) is 39.0 Å². The van der Waals surface area contributed by atoms with Crippen molar-refractivity contribution in [3.8, 4) is 11.6 Å². The van der Waals surface area contributed by atoms with Gasteiger partial charge in [-0.05, 0) is 61.7 Å². The number of nitrogens with two attached hydrogens (primary N) is 1. The van der Waals surface area contributed by atoms with E-state index in [2.05, 4.69) is 26.2 Å². The van der Waals surface area contributed by atoms with E-state index in [9.17, 15) is 4.79 Å². The van der Waals surface area contributed by atoms with E-state index in [4.69, 9.17) is 15.2 Å². The molecule has 0 fully saturated rings. The van der Waals surface area contributed by atoms with Crippen LogP contribution in [0.1, 0.15) is 36.7 Å². The molecule has 0 bridgehead atoms. The fourth-order valence-corrected chi connectivity index (χ4v) is 3.93. The Hall–Kier alpha value is -4.07.